The van der Waals surface area contributed by atoms with E-state index in [1.165, 1.54) is 6.07 Å². The number of halogens is 2. The van der Waals surface area contributed by atoms with Crippen LogP contribution in [0.3, 0.4) is 0 Å². The van der Waals surface area contributed by atoms with Gasteiger partial charge in [-0.3, -0.25) is 14.4 Å². The standard InChI is InChI=1S/C24H27F2N3O3/c1-15(2)21(28-23(31)20-18(25)11-6-12-19(20)26)24(32)29-13-7-8-16(14-29)22(30)27-17-9-4-3-5-10-17/h3-6,9-12,15-16,21H,7-8,13-14H2,1-2H3,(H,27,30)(H,28,31)/t16-,21-/m1/s1. The SMILES string of the molecule is CC(C)[C@@H](NC(=O)c1c(F)cccc1F)C(=O)N1CCC[C@@H](C(=O)Nc2ccccc2)C1. The van der Waals surface area contributed by atoms with Crippen LogP contribution in [-0.4, -0.2) is 41.8 Å². The predicted molar refractivity (Wildman–Crippen MR) is 117 cm³/mol. The zero-order valence-corrected chi connectivity index (χ0v) is 18.1. The number of anilines is 1. The molecule has 2 N–H and O–H groups in total. The van der Waals surface area contributed by atoms with Crippen LogP contribution in [0.1, 0.15) is 37.0 Å². The fourth-order valence-electron chi connectivity index (χ4n) is 3.80. The first-order valence-corrected chi connectivity index (χ1v) is 10.7. The minimum absolute atomic E-state index is 0.174. The summed E-state index contributed by atoms with van der Waals surface area (Å²) in [7, 11) is 0. The van der Waals surface area contributed by atoms with Crippen LogP contribution >= 0.6 is 0 Å². The van der Waals surface area contributed by atoms with Gasteiger partial charge in [-0.25, -0.2) is 8.78 Å². The van der Waals surface area contributed by atoms with Crippen molar-refractivity contribution >= 4 is 23.4 Å². The summed E-state index contributed by atoms with van der Waals surface area (Å²) < 4.78 is 28.0. The first-order valence-electron chi connectivity index (χ1n) is 10.7. The molecule has 3 amide bonds. The van der Waals surface area contributed by atoms with E-state index in [9.17, 15) is 23.2 Å². The van der Waals surface area contributed by atoms with Crippen LogP contribution in [0, 0.1) is 23.5 Å². The van der Waals surface area contributed by atoms with Crippen LogP contribution in [0.5, 0.6) is 0 Å². The van der Waals surface area contributed by atoms with Crippen molar-refractivity contribution in [1.82, 2.24) is 10.2 Å². The molecule has 3 rings (SSSR count). The van der Waals surface area contributed by atoms with Gasteiger partial charge in [-0.05, 0) is 43.0 Å². The quantitative estimate of drug-likeness (QED) is 0.716. The van der Waals surface area contributed by atoms with Gasteiger partial charge >= 0.3 is 0 Å². The minimum Gasteiger partial charge on any atom is -0.340 e. The van der Waals surface area contributed by atoms with Crippen molar-refractivity contribution in [1.29, 1.82) is 0 Å². The summed E-state index contributed by atoms with van der Waals surface area (Å²) in [4.78, 5) is 40.0. The number of amides is 3. The lowest BCUT2D eigenvalue weighted by Gasteiger charge is -2.35. The number of likely N-dealkylation sites (tertiary alicyclic amines) is 1. The lowest BCUT2D eigenvalue weighted by atomic mass is 9.94. The molecule has 1 aliphatic heterocycles. The molecule has 6 nitrogen and oxygen atoms in total. The van der Waals surface area contributed by atoms with Crippen molar-refractivity contribution in [3.63, 3.8) is 0 Å². The predicted octanol–water partition coefficient (Wildman–Crippen LogP) is 3.60. The van der Waals surface area contributed by atoms with Crippen LogP contribution in [0.4, 0.5) is 14.5 Å². The third-order valence-electron chi connectivity index (χ3n) is 5.55. The van der Waals surface area contributed by atoms with Crippen molar-refractivity contribution in [2.24, 2.45) is 11.8 Å². The molecule has 1 aliphatic rings. The first-order chi connectivity index (χ1) is 15.3. The Kier molecular flexibility index (Phi) is 7.56. The molecular formula is C24H27F2N3O3. The second kappa shape index (κ2) is 10.3. The van der Waals surface area contributed by atoms with E-state index < -0.39 is 29.1 Å². The maximum absolute atomic E-state index is 14.0. The first kappa shape index (κ1) is 23.4. The van der Waals surface area contributed by atoms with Gasteiger partial charge in [0.05, 0.1) is 5.92 Å². The molecule has 1 fully saturated rings. The number of piperidine rings is 1. The Bertz CT molecular complexity index is 961. The lowest BCUT2D eigenvalue weighted by molar-refractivity contribution is -0.137. The smallest absolute Gasteiger partial charge is 0.257 e. The van der Waals surface area contributed by atoms with Gasteiger partial charge in [0.15, 0.2) is 0 Å². The molecule has 0 unspecified atom stereocenters. The van der Waals surface area contributed by atoms with Crippen molar-refractivity contribution in [3.8, 4) is 0 Å². The topological polar surface area (TPSA) is 78.5 Å². The largest absolute Gasteiger partial charge is 0.340 e. The Morgan fingerprint density at radius 3 is 2.28 bits per heavy atom. The lowest BCUT2D eigenvalue weighted by Crippen LogP contribution is -2.54. The van der Waals surface area contributed by atoms with Gasteiger partial charge in [0.2, 0.25) is 11.8 Å². The molecule has 1 heterocycles. The summed E-state index contributed by atoms with van der Waals surface area (Å²) in [5, 5.41) is 5.34. The summed E-state index contributed by atoms with van der Waals surface area (Å²) in [6, 6.07) is 11.2. The minimum atomic E-state index is -0.993. The molecule has 0 spiro atoms. The maximum atomic E-state index is 14.0. The molecule has 2 atom stereocenters. The number of hydrogen-bond donors (Lipinski definition) is 2. The zero-order valence-electron chi connectivity index (χ0n) is 18.1. The number of nitrogens with zero attached hydrogens (tertiary/aromatic N) is 1. The number of benzene rings is 2. The van der Waals surface area contributed by atoms with Gasteiger partial charge in [-0.15, -0.1) is 0 Å². The van der Waals surface area contributed by atoms with Crippen molar-refractivity contribution in [2.45, 2.75) is 32.7 Å². The molecule has 2 aromatic rings. The summed E-state index contributed by atoms with van der Waals surface area (Å²) >= 11 is 0. The highest BCUT2D eigenvalue weighted by molar-refractivity contribution is 5.98. The van der Waals surface area contributed by atoms with E-state index >= 15 is 0 Å². The van der Waals surface area contributed by atoms with Crippen molar-refractivity contribution < 1.29 is 23.2 Å². The zero-order chi connectivity index (χ0) is 23.3. The Balaban J connectivity index is 1.69. The van der Waals surface area contributed by atoms with Gasteiger partial charge in [0.1, 0.15) is 23.2 Å². The molecular weight excluding hydrogens is 416 g/mol. The van der Waals surface area contributed by atoms with E-state index in [4.69, 9.17) is 0 Å². The molecule has 8 heteroatoms. The molecule has 0 aromatic heterocycles. The fraction of sp³-hybridized carbons (Fsp3) is 0.375. The number of nitrogens with one attached hydrogen (secondary N) is 2. The van der Waals surface area contributed by atoms with Crippen LogP contribution in [0.25, 0.3) is 0 Å². The van der Waals surface area contributed by atoms with E-state index in [0.29, 0.717) is 25.1 Å². The van der Waals surface area contributed by atoms with E-state index in [0.717, 1.165) is 12.1 Å². The van der Waals surface area contributed by atoms with E-state index in [-0.39, 0.29) is 30.2 Å². The number of hydrogen-bond acceptors (Lipinski definition) is 3. The Morgan fingerprint density at radius 1 is 1.00 bits per heavy atom. The molecule has 0 radical (unpaired) electrons. The van der Waals surface area contributed by atoms with Gasteiger partial charge in [0.25, 0.3) is 5.91 Å². The molecule has 2 aromatic carbocycles. The highest BCUT2D eigenvalue weighted by Crippen LogP contribution is 2.21. The monoisotopic (exact) mass is 443 g/mol. The highest BCUT2D eigenvalue weighted by atomic mass is 19.1. The fourth-order valence-corrected chi connectivity index (χ4v) is 3.80. The van der Waals surface area contributed by atoms with Gasteiger partial charge < -0.3 is 15.5 Å². The number of rotatable bonds is 6. The Morgan fingerprint density at radius 2 is 1.66 bits per heavy atom. The number of para-hydroxylation sites is 1. The van der Waals surface area contributed by atoms with Crippen molar-refractivity contribution in [2.75, 3.05) is 18.4 Å². The number of carbonyl (C=O) groups excluding carboxylic acids is 3. The average molecular weight is 443 g/mol. The third-order valence-corrected chi connectivity index (χ3v) is 5.55. The molecule has 0 saturated carbocycles. The Hall–Kier alpha value is -3.29. The molecule has 32 heavy (non-hydrogen) atoms. The van der Waals surface area contributed by atoms with Crippen molar-refractivity contribution in [3.05, 3.63) is 65.7 Å². The molecule has 170 valence electrons. The van der Waals surface area contributed by atoms with Gasteiger partial charge in [0, 0.05) is 18.8 Å². The van der Waals surface area contributed by atoms with Crippen LogP contribution in [-0.2, 0) is 9.59 Å². The Labute approximate surface area is 186 Å². The van der Waals surface area contributed by atoms with Gasteiger partial charge in [-0.1, -0.05) is 38.1 Å². The summed E-state index contributed by atoms with van der Waals surface area (Å²) in [6.45, 7) is 4.14. The van der Waals surface area contributed by atoms with E-state index in [2.05, 4.69) is 10.6 Å². The van der Waals surface area contributed by atoms with Crippen LogP contribution in [0.2, 0.25) is 0 Å². The second-order valence-electron chi connectivity index (χ2n) is 8.27. The summed E-state index contributed by atoms with van der Waals surface area (Å²) in [5.74, 6) is -4.22. The van der Waals surface area contributed by atoms with E-state index in [1.54, 1.807) is 30.9 Å². The molecule has 0 aliphatic carbocycles. The normalized spacial score (nSPS) is 17.0. The summed E-state index contributed by atoms with van der Waals surface area (Å²) in [6.07, 6.45) is 1.28. The summed E-state index contributed by atoms with van der Waals surface area (Å²) in [5.41, 5.74) is -0.0371. The third kappa shape index (κ3) is 5.49. The maximum Gasteiger partial charge on any atom is 0.257 e. The highest BCUT2D eigenvalue weighted by Gasteiger charge is 2.34. The second-order valence-corrected chi connectivity index (χ2v) is 8.27. The van der Waals surface area contributed by atoms with Crippen LogP contribution in [0.15, 0.2) is 48.5 Å². The number of carbonyl (C=O) groups is 3. The molecule has 1 saturated heterocycles. The average Bonchev–Trinajstić information content (AvgIpc) is 2.77. The van der Waals surface area contributed by atoms with E-state index in [1.807, 2.05) is 18.2 Å². The van der Waals surface area contributed by atoms with Gasteiger partial charge in [-0.2, -0.15) is 0 Å². The van der Waals surface area contributed by atoms with Crippen LogP contribution < -0.4 is 10.6 Å². The molecule has 0 bridgehead atoms.